The highest BCUT2D eigenvalue weighted by Gasteiger charge is 2.73. The third-order valence-corrected chi connectivity index (χ3v) is 10.1. The smallest absolute Gasteiger partial charge is 0.335 e. The van der Waals surface area contributed by atoms with Crippen LogP contribution in [0, 0.1) is 28.6 Å². The van der Waals surface area contributed by atoms with Crippen LogP contribution in [-0.2, 0) is 14.3 Å². The van der Waals surface area contributed by atoms with E-state index in [1.165, 1.54) is 19.3 Å². The standard InChI is InChI=1S/C26H34O7/c1-14(27)33-17-8-10-24(2)16(12-17)5-6-19-21(24)22(29)23(30)25(3)18(9-11-26(19,25)31)15-4-7-20(28)32-13-15/h4,7,13,16-19,21-22,29,31H,5-6,8-12H2,1-3H3/t16-,17+,18-,19?,21?,22+,24+,25+,26+/m1/s1. The first-order valence-corrected chi connectivity index (χ1v) is 12.2. The minimum Gasteiger partial charge on any atom is -0.463 e. The van der Waals surface area contributed by atoms with Gasteiger partial charge in [0.2, 0.25) is 0 Å². The van der Waals surface area contributed by atoms with Crippen molar-refractivity contribution >= 4 is 11.8 Å². The fraction of sp³-hybridized carbons (Fsp3) is 0.731. The summed E-state index contributed by atoms with van der Waals surface area (Å²) in [4.78, 5) is 36.8. The molecule has 0 aromatic carbocycles. The van der Waals surface area contributed by atoms with Crippen LogP contribution < -0.4 is 5.63 Å². The van der Waals surface area contributed by atoms with Gasteiger partial charge < -0.3 is 19.4 Å². The average molecular weight is 459 g/mol. The molecular weight excluding hydrogens is 424 g/mol. The number of carbonyl (C=O) groups excluding carboxylic acids is 2. The molecule has 0 spiro atoms. The van der Waals surface area contributed by atoms with Crippen molar-refractivity contribution in [3.05, 3.63) is 34.4 Å². The monoisotopic (exact) mass is 458 g/mol. The lowest BCUT2D eigenvalue weighted by Gasteiger charge is -2.64. The number of rotatable bonds is 2. The zero-order valence-corrected chi connectivity index (χ0v) is 19.6. The molecule has 1 heterocycles. The molecule has 7 nitrogen and oxygen atoms in total. The van der Waals surface area contributed by atoms with Crippen molar-refractivity contribution in [1.29, 1.82) is 0 Å². The Morgan fingerprint density at radius 2 is 1.88 bits per heavy atom. The van der Waals surface area contributed by atoms with Gasteiger partial charge in [-0.3, -0.25) is 9.59 Å². The molecule has 0 radical (unpaired) electrons. The third-order valence-electron chi connectivity index (χ3n) is 10.1. The van der Waals surface area contributed by atoms with Crippen LogP contribution in [0.15, 0.2) is 27.6 Å². The van der Waals surface area contributed by atoms with E-state index in [0.717, 1.165) is 25.7 Å². The summed E-state index contributed by atoms with van der Waals surface area (Å²) in [5.74, 6) is -1.18. The molecule has 0 saturated heterocycles. The van der Waals surface area contributed by atoms with Crippen molar-refractivity contribution in [3.8, 4) is 0 Å². The van der Waals surface area contributed by atoms with E-state index in [1.807, 2.05) is 0 Å². The van der Waals surface area contributed by atoms with Crippen molar-refractivity contribution in [1.82, 2.24) is 0 Å². The number of carbonyl (C=O) groups is 2. The summed E-state index contributed by atoms with van der Waals surface area (Å²) >= 11 is 0. The Labute approximate surface area is 193 Å². The molecule has 180 valence electrons. The first-order valence-electron chi connectivity index (χ1n) is 12.2. The molecule has 4 fully saturated rings. The molecule has 0 amide bonds. The highest BCUT2D eigenvalue weighted by atomic mass is 16.5. The quantitative estimate of drug-likeness (QED) is 0.655. The number of esters is 1. The lowest BCUT2D eigenvalue weighted by atomic mass is 9.42. The van der Waals surface area contributed by atoms with Crippen LogP contribution in [0.1, 0.15) is 77.2 Å². The molecule has 0 aliphatic heterocycles. The SMILES string of the molecule is CC(=O)O[C@H]1CC[C@]2(C)C3C(CC[C@@H]2C1)[C@@]1(O)CC[C@H](c2ccc(=O)oc2)[C@@]1(C)C(=O)[C@H]3O. The number of hydrogen-bond acceptors (Lipinski definition) is 7. The minimum absolute atomic E-state index is 0.120. The maximum Gasteiger partial charge on any atom is 0.335 e. The van der Waals surface area contributed by atoms with E-state index in [0.29, 0.717) is 24.8 Å². The Hall–Kier alpha value is -1.99. The largest absolute Gasteiger partial charge is 0.463 e. The maximum absolute atomic E-state index is 13.9. The zero-order valence-electron chi connectivity index (χ0n) is 19.6. The van der Waals surface area contributed by atoms with Crippen LogP contribution in [0.25, 0.3) is 0 Å². The molecule has 0 bridgehead atoms. The minimum atomic E-state index is -1.23. The molecule has 4 aliphatic rings. The van der Waals surface area contributed by atoms with Gasteiger partial charge in [-0.05, 0) is 80.8 Å². The van der Waals surface area contributed by atoms with Crippen LogP contribution in [0.3, 0.4) is 0 Å². The Kier molecular flexibility index (Phi) is 5.18. The van der Waals surface area contributed by atoms with E-state index in [1.54, 1.807) is 13.0 Å². The van der Waals surface area contributed by atoms with Gasteiger partial charge >= 0.3 is 11.6 Å². The normalized spacial score (nSPS) is 46.8. The summed E-state index contributed by atoms with van der Waals surface area (Å²) in [5.41, 5.74) is -2.42. The van der Waals surface area contributed by atoms with E-state index in [4.69, 9.17) is 9.15 Å². The second-order valence-corrected chi connectivity index (χ2v) is 11.3. The first kappa shape index (κ1) is 22.8. The van der Waals surface area contributed by atoms with Crippen molar-refractivity contribution in [3.63, 3.8) is 0 Å². The van der Waals surface area contributed by atoms with Gasteiger partial charge in [0.05, 0.1) is 17.3 Å². The van der Waals surface area contributed by atoms with Gasteiger partial charge in [-0.25, -0.2) is 4.79 Å². The predicted octanol–water partition coefficient (Wildman–Crippen LogP) is 2.96. The molecule has 2 unspecified atom stereocenters. The predicted molar refractivity (Wildman–Crippen MR) is 118 cm³/mol. The number of aliphatic hydroxyl groups excluding tert-OH is 1. The molecular formula is C26H34O7. The highest BCUT2D eigenvalue weighted by Crippen LogP contribution is 2.69. The van der Waals surface area contributed by atoms with Crippen molar-refractivity contribution in [2.24, 2.45) is 28.6 Å². The molecule has 4 aliphatic carbocycles. The summed E-state index contributed by atoms with van der Waals surface area (Å²) < 4.78 is 10.6. The topological polar surface area (TPSA) is 114 Å². The Bertz CT molecular complexity index is 1010. The van der Waals surface area contributed by atoms with E-state index < -0.39 is 22.7 Å². The van der Waals surface area contributed by atoms with E-state index in [-0.39, 0.29) is 46.9 Å². The molecule has 4 saturated carbocycles. The van der Waals surface area contributed by atoms with E-state index in [9.17, 15) is 24.6 Å². The second-order valence-electron chi connectivity index (χ2n) is 11.3. The molecule has 1 aromatic heterocycles. The van der Waals surface area contributed by atoms with Crippen LogP contribution in [0.2, 0.25) is 0 Å². The third kappa shape index (κ3) is 3.04. The fourth-order valence-corrected chi connectivity index (χ4v) is 8.45. The van der Waals surface area contributed by atoms with Gasteiger partial charge in [-0.15, -0.1) is 0 Å². The fourth-order valence-electron chi connectivity index (χ4n) is 8.45. The average Bonchev–Trinajstić information content (AvgIpc) is 3.05. The van der Waals surface area contributed by atoms with Gasteiger partial charge in [0, 0.05) is 24.8 Å². The van der Waals surface area contributed by atoms with Gasteiger partial charge in [0.1, 0.15) is 12.2 Å². The van der Waals surface area contributed by atoms with Crippen LogP contribution in [0.5, 0.6) is 0 Å². The number of ketones is 1. The summed E-state index contributed by atoms with van der Waals surface area (Å²) in [6.45, 7) is 5.38. The molecule has 33 heavy (non-hydrogen) atoms. The number of aliphatic hydroxyl groups is 2. The molecule has 7 heteroatoms. The van der Waals surface area contributed by atoms with Gasteiger partial charge in [-0.2, -0.15) is 0 Å². The Balaban J connectivity index is 1.50. The lowest BCUT2D eigenvalue weighted by molar-refractivity contribution is -0.229. The number of ether oxygens (including phenoxy) is 1. The van der Waals surface area contributed by atoms with Crippen LogP contribution >= 0.6 is 0 Å². The maximum atomic E-state index is 13.9. The van der Waals surface area contributed by atoms with E-state index >= 15 is 0 Å². The lowest BCUT2D eigenvalue weighted by Crippen LogP contribution is -2.70. The Morgan fingerprint density at radius 3 is 2.55 bits per heavy atom. The van der Waals surface area contributed by atoms with Crippen molar-refractivity contribution < 1.29 is 29.0 Å². The zero-order chi connectivity index (χ0) is 23.8. The number of fused-ring (bicyclic) bond motifs is 5. The van der Waals surface area contributed by atoms with Gasteiger partial charge in [0.25, 0.3) is 0 Å². The molecule has 5 rings (SSSR count). The number of hydrogen-bond donors (Lipinski definition) is 2. The van der Waals surface area contributed by atoms with Gasteiger partial charge in [-0.1, -0.05) is 6.92 Å². The summed E-state index contributed by atoms with van der Waals surface area (Å²) in [6, 6.07) is 3.02. The number of Topliss-reactive ketones (excluding diaryl/α,β-unsaturated/α-hetero) is 1. The van der Waals surface area contributed by atoms with Gasteiger partial charge in [0.15, 0.2) is 5.78 Å². The first-order chi connectivity index (χ1) is 15.5. The highest BCUT2D eigenvalue weighted by molar-refractivity contribution is 5.93. The van der Waals surface area contributed by atoms with Crippen molar-refractivity contribution in [2.45, 2.75) is 89.4 Å². The summed E-state index contributed by atoms with van der Waals surface area (Å²) in [6.07, 6.45) is 4.98. The molecule has 9 atom stereocenters. The second kappa shape index (κ2) is 7.51. The van der Waals surface area contributed by atoms with Crippen molar-refractivity contribution in [2.75, 3.05) is 0 Å². The molecule has 2 N–H and O–H groups in total. The van der Waals surface area contributed by atoms with Crippen LogP contribution in [-0.4, -0.2) is 39.8 Å². The summed E-state index contributed by atoms with van der Waals surface area (Å²) in [5, 5.41) is 23.7. The molecule has 1 aromatic rings. The van der Waals surface area contributed by atoms with Crippen LogP contribution in [0.4, 0.5) is 0 Å². The summed E-state index contributed by atoms with van der Waals surface area (Å²) in [7, 11) is 0. The van der Waals surface area contributed by atoms with E-state index in [2.05, 4.69) is 6.92 Å². The Morgan fingerprint density at radius 1 is 1.12 bits per heavy atom.